The van der Waals surface area contributed by atoms with Gasteiger partial charge in [-0.05, 0) is 0 Å². The van der Waals surface area contributed by atoms with Crippen LogP contribution in [0.3, 0.4) is 0 Å². The quantitative estimate of drug-likeness (QED) is 0.403. The monoisotopic (exact) mass is 328 g/mol. The van der Waals surface area contributed by atoms with Crippen molar-refractivity contribution >= 4 is 23.9 Å². The molecule has 5 atom stereocenters. The molecule has 0 saturated carbocycles. The van der Waals surface area contributed by atoms with Crippen molar-refractivity contribution in [1.82, 2.24) is 0 Å². The highest BCUT2D eigenvalue weighted by Crippen LogP contribution is 2.28. The third-order valence-corrected chi connectivity index (χ3v) is 2.85. The fourth-order valence-corrected chi connectivity index (χ4v) is 2.14. The second kappa shape index (κ2) is 7.60. The number of carbonyl (C=O) groups excluding carboxylic acids is 3. The molecule has 1 saturated heterocycles. The first-order valence-electron chi connectivity index (χ1n) is 6.53. The van der Waals surface area contributed by atoms with Crippen molar-refractivity contribution in [2.24, 2.45) is 0 Å². The number of terminal acetylenes is 1. The molecule has 0 aromatic heterocycles. The van der Waals surface area contributed by atoms with E-state index in [0.29, 0.717) is 0 Å². The van der Waals surface area contributed by atoms with Gasteiger partial charge in [-0.15, -0.1) is 6.42 Å². The Kier molecular flexibility index (Phi) is 6.10. The first-order valence-corrected chi connectivity index (χ1v) is 6.53. The zero-order valence-electron chi connectivity index (χ0n) is 12.7. The number of hydrogen-bond acceptors (Lipinski definition) is 8. The summed E-state index contributed by atoms with van der Waals surface area (Å²) in [6.07, 6.45) is -1.98. The van der Waals surface area contributed by atoms with Crippen LogP contribution in [0.4, 0.5) is 0 Å². The molecule has 9 heteroatoms. The standard InChI is InChI=1S/C14H16O9/c1-5-9-10(20-6(2)15)11(21-7(3)16)12(22-8(4)17)13(23-9)14(18)19/h1,9-13H,2-4H3,(H,18,19). The van der Waals surface area contributed by atoms with Crippen molar-refractivity contribution in [3.8, 4) is 12.3 Å². The van der Waals surface area contributed by atoms with Crippen molar-refractivity contribution in [2.75, 3.05) is 0 Å². The lowest BCUT2D eigenvalue weighted by molar-refractivity contribution is -0.239. The number of aliphatic carboxylic acids is 1. The molecule has 126 valence electrons. The summed E-state index contributed by atoms with van der Waals surface area (Å²) >= 11 is 0. The minimum atomic E-state index is -1.68. The SMILES string of the molecule is C#CC1OC(C(=O)O)C(OC(C)=O)C(OC(C)=O)C1OC(C)=O. The van der Waals surface area contributed by atoms with E-state index in [1.54, 1.807) is 0 Å². The molecule has 1 heterocycles. The lowest BCUT2D eigenvalue weighted by Crippen LogP contribution is -2.62. The van der Waals surface area contributed by atoms with Crippen LogP contribution in [0.25, 0.3) is 0 Å². The Morgan fingerprint density at radius 1 is 0.913 bits per heavy atom. The normalized spacial score (nSPS) is 29.7. The van der Waals surface area contributed by atoms with E-state index in [-0.39, 0.29) is 0 Å². The summed E-state index contributed by atoms with van der Waals surface area (Å²) in [6, 6.07) is 0. The summed E-state index contributed by atoms with van der Waals surface area (Å²) in [5, 5.41) is 9.22. The van der Waals surface area contributed by atoms with Gasteiger partial charge in [-0.2, -0.15) is 0 Å². The van der Waals surface area contributed by atoms with Gasteiger partial charge in [-0.1, -0.05) is 5.92 Å². The molecular formula is C14H16O9. The fourth-order valence-electron chi connectivity index (χ4n) is 2.14. The van der Waals surface area contributed by atoms with E-state index in [4.69, 9.17) is 25.4 Å². The summed E-state index contributed by atoms with van der Waals surface area (Å²) in [6.45, 7) is 3.19. The number of esters is 3. The second-order valence-corrected chi connectivity index (χ2v) is 4.70. The summed E-state index contributed by atoms with van der Waals surface area (Å²) < 4.78 is 20.0. The van der Waals surface area contributed by atoms with E-state index in [9.17, 15) is 24.3 Å². The van der Waals surface area contributed by atoms with Crippen LogP contribution in [0.2, 0.25) is 0 Å². The number of hydrogen-bond donors (Lipinski definition) is 1. The highest BCUT2D eigenvalue weighted by Gasteiger charge is 2.53. The van der Waals surface area contributed by atoms with Gasteiger partial charge in [0.05, 0.1) is 0 Å². The van der Waals surface area contributed by atoms with E-state index in [0.717, 1.165) is 20.8 Å². The van der Waals surface area contributed by atoms with Crippen molar-refractivity contribution in [3.63, 3.8) is 0 Å². The van der Waals surface area contributed by atoms with Crippen LogP contribution >= 0.6 is 0 Å². The van der Waals surface area contributed by atoms with Gasteiger partial charge in [-0.3, -0.25) is 14.4 Å². The molecule has 0 aromatic carbocycles. The largest absolute Gasteiger partial charge is 0.479 e. The van der Waals surface area contributed by atoms with Crippen LogP contribution in [0.15, 0.2) is 0 Å². The van der Waals surface area contributed by atoms with E-state index in [1.807, 2.05) is 0 Å². The molecule has 1 N–H and O–H groups in total. The van der Waals surface area contributed by atoms with E-state index in [2.05, 4.69) is 5.92 Å². The summed E-state index contributed by atoms with van der Waals surface area (Å²) in [5.74, 6) is -1.74. The Balaban J connectivity index is 3.28. The number of carboxylic acids is 1. The molecular weight excluding hydrogens is 312 g/mol. The van der Waals surface area contributed by atoms with Gasteiger partial charge in [0.2, 0.25) is 0 Å². The maximum atomic E-state index is 11.3. The van der Waals surface area contributed by atoms with Crippen LogP contribution in [0.5, 0.6) is 0 Å². The minimum Gasteiger partial charge on any atom is -0.479 e. The maximum Gasteiger partial charge on any atom is 0.336 e. The molecule has 1 rings (SSSR count). The zero-order chi connectivity index (χ0) is 17.7. The Bertz CT molecular complexity index is 547. The Labute approximate surface area is 131 Å². The van der Waals surface area contributed by atoms with Crippen molar-refractivity contribution in [3.05, 3.63) is 0 Å². The molecule has 1 fully saturated rings. The van der Waals surface area contributed by atoms with Gasteiger partial charge in [-0.25, -0.2) is 4.79 Å². The first-order chi connectivity index (χ1) is 10.7. The van der Waals surface area contributed by atoms with Crippen LogP contribution in [0.1, 0.15) is 20.8 Å². The van der Waals surface area contributed by atoms with E-state index < -0.39 is 54.4 Å². The van der Waals surface area contributed by atoms with E-state index in [1.165, 1.54) is 0 Å². The molecule has 9 nitrogen and oxygen atoms in total. The third kappa shape index (κ3) is 4.69. The van der Waals surface area contributed by atoms with Crippen LogP contribution in [0, 0.1) is 12.3 Å². The Morgan fingerprint density at radius 3 is 1.74 bits per heavy atom. The highest BCUT2D eigenvalue weighted by molar-refractivity contribution is 5.75. The Morgan fingerprint density at radius 2 is 1.35 bits per heavy atom. The molecule has 5 unspecified atom stereocenters. The van der Waals surface area contributed by atoms with Gasteiger partial charge >= 0.3 is 23.9 Å². The van der Waals surface area contributed by atoms with Gasteiger partial charge in [0.25, 0.3) is 0 Å². The smallest absolute Gasteiger partial charge is 0.336 e. The highest BCUT2D eigenvalue weighted by atomic mass is 16.7. The van der Waals surface area contributed by atoms with E-state index >= 15 is 0 Å². The van der Waals surface area contributed by atoms with Gasteiger partial charge in [0, 0.05) is 20.8 Å². The summed E-state index contributed by atoms with van der Waals surface area (Å²) in [7, 11) is 0. The first kappa shape index (κ1) is 18.4. The van der Waals surface area contributed by atoms with Crippen molar-refractivity contribution < 1.29 is 43.2 Å². The third-order valence-electron chi connectivity index (χ3n) is 2.85. The minimum absolute atomic E-state index is 0.758. The number of carbonyl (C=O) groups is 4. The molecule has 1 aliphatic rings. The predicted molar refractivity (Wildman–Crippen MR) is 71.8 cm³/mol. The molecule has 0 amide bonds. The maximum absolute atomic E-state index is 11.3. The number of rotatable bonds is 4. The molecule has 0 spiro atoms. The topological polar surface area (TPSA) is 125 Å². The molecule has 1 aliphatic heterocycles. The van der Waals surface area contributed by atoms with Crippen molar-refractivity contribution in [2.45, 2.75) is 51.3 Å². The zero-order valence-corrected chi connectivity index (χ0v) is 12.7. The number of carboxylic acid groups (broad SMARTS) is 1. The Hall–Kier alpha value is -2.60. The van der Waals surface area contributed by atoms with Crippen LogP contribution < -0.4 is 0 Å². The second-order valence-electron chi connectivity index (χ2n) is 4.70. The van der Waals surface area contributed by atoms with Gasteiger partial charge in [0.15, 0.2) is 30.5 Å². The van der Waals surface area contributed by atoms with Gasteiger partial charge < -0.3 is 24.1 Å². The molecule has 23 heavy (non-hydrogen) atoms. The predicted octanol–water partition coefficient (Wildman–Crippen LogP) is -0.733. The molecule has 0 aliphatic carbocycles. The molecule has 0 bridgehead atoms. The molecule has 0 aromatic rings. The average molecular weight is 328 g/mol. The van der Waals surface area contributed by atoms with Gasteiger partial charge in [0.1, 0.15) is 0 Å². The van der Waals surface area contributed by atoms with Crippen LogP contribution in [-0.4, -0.2) is 59.5 Å². The lowest BCUT2D eigenvalue weighted by Gasteiger charge is -2.41. The molecule has 0 radical (unpaired) electrons. The van der Waals surface area contributed by atoms with Crippen molar-refractivity contribution in [1.29, 1.82) is 0 Å². The average Bonchev–Trinajstić information content (AvgIpc) is 2.40. The lowest BCUT2D eigenvalue weighted by atomic mass is 9.94. The van der Waals surface area contributed by atoms with Crippen LogP contribution in [-0.2, 0) is 38.1 Å². The fraction of sp³-hybridized carbons (Fsp3) is 0.571. The summed E-state index contributed by atoms with van der Waals surface area (Å²) in [5.41, 5.74) is 0. The summed E-state index contributed by atoms with van der Waals surface area (Å²) in [4.78, 5) is 45.1. The number of ether oxygens (including phenoxy) is 4.